The molecule has 0 unspecified atom stereocenters. The van der Waals surface area contributed by atoms with Gasteiger partial charge in [-0.25, -0.2) is 4.79 Å². The molecule has 1 atom stereocenters. The van der Waals surface area contributed by atoms with E-state index < -0.39 is 18.5 Å². The first-order valence-electron chi connectivity index (χ1n) is 9.91. The second-order valence-corrected chi connectivity index (χ2v) is 7.23. The number of imide groups is 1. The van der Waals surface area contributed by atoms with E-state index in [1.807, 2.05) is 24.3 Å². The van der Waals surface area contributed by atoms with Gasteiger partial charge in [0, 0.05) is 18.5 Å². The molecular formula is C23H24N2O5. The Bertz CT molecular complexity index is 952. The molecular weight excluding hydrogens is 384 g/mol. The number of hydrogen-bond donors (Lipinski definition) is 1. The fraction of sp³-hybridized carbons (Fsp3) is 0.304. The van der Waals surface area contributed by atoms with Gasteiger partial charge in [-0.15, -0.1) is 0 Å². The monoisotopic (exact) mass is 408 g/mol. The van der Waals surface area contributed by atoms with Crippen molar-refractivity contribution in [3.63, 3.8) is 0 Å². The molecule has 0 radical (unpaired) electrons. The fourth-order valence-electron chi connectivity index (χ4n) is 3.18. The van der Waals surface area contributed by atoms with Crippen LogP contribution in [-0.2, 0) is 19.1 Å². The van der Waals surface area contributed by atoms with Gasteiger partial charge in [0.15, 0.2) is 6.61 Å². The molecule has 0 aliphatic carbocycles. The van der Waals surface area contributed by atoms with Crippen LogP contribution >= 0.6 is 0 Å². The van der Waals surface area contributed by atoms with Gasteiger partial charge in [0.25, 0.3) is 5.91 Å². The number of benzene rings is 2. The van der Waals surface area contributed by atoms with Gasteiger partial charge in [0.1, 0.15) is 0 Å². The molecule has 7 heteroatoms. The summed E-state index contributed by atoms with van der Waals surface area (Å²) in [5.74, 6) is -1.33. The predicted octanol–water partition coefficient (Wildman–Crippen LogP) is 3.65. The second kappa shape index (κ2) is 9.35. The van der Waals surface area contributed by atoms with E-state index in [0.717, 1.165) is 11.3 Å². The molecule has 30 heavy (non-hydrogen) atoms. The number of esters is 1. The zero-order chi connectivity index (χ0) is 21.7. The molecule has 0 aromatic heterocycles. The van der Waals surface area contributed by atoms with Gasteiger partial charge < -0.3 is 10.1 Å². The van der Waals surface area contributed by atoms with Crippen LogP contribution in [0.2, 0.25) is 0 Å². The SMILES string of the molecule is CC[C@@H](C)c1ccc(NC(=O)COC(=O)c2cccc(N3C(=O)CCC3=O)c2)cc1. The normalized spacial score (nSPS) is 14.5. The minimum absolute atomic E-state index is 0.158. The first kappa shape index (κ1) is 21.2. The van der Waals surface area contributed by atoms with E-state index in [9.17, 15) is 19.2 Å². The van der Waals surface area contributed by atoms with Crippen LogP contribution in [0, 0.1) is 0 Å². The van der Waals surface area contributed by atoms with Crippen LogP contribution in [0.25, 0.3) is 0 Å². The van der Waals surface area contributed by atoms with Gasteiger partial charge in [-0.1, -0.05) is 32.0 Å². The summed E-state index contributed by atoms with van der Waals surface area (Å²) in [4.78, 5) is 49.2. The maximum absolute atomic E-state index is 12.3. The molecule has 0 bridgehead atoms. The predicted molar refractivity (Wildman–Crippen MR) is 112 cm³/mol. The van der Waals surface area contributed by atoms with Crippen molar-refractivity contribution in [3.8, 4) is 0 Å². The molecule has 1 heterocycles. The maximum atomic E-state index is 12.3. The Morgan fingerprint density at radius 1 is 1.07 bits per heavy atom. The van der Waals surface area contributed by atoms with E-state index >= 15 is 0 Å². The zero-order valence-electron chi connectivity index (χ0n) is 17.0. The van der Waals surface area contributed by atoms with E-state index in [2.05, 4.69) is 19.2 Å². The molecule has 2 aromatic rings. The number of ether oxygens (including phenoxy) is 1. The number of carbonyl (C=O) groups is 4. The van der Waals surface area contributed by atoms with Crippen LogP contribution in [0.3, 0.4) is 0 Å². The minimum Gasteiger partial charge on any atom is -0.452 e. The van der Waals surface area contributed by atoms with Crippen molar-refractivity contribution < 1.29 is 23.9 Å². The van der Waals surface area contributed by atoms with Crippen molar-refractivity contribution in [2.75, 3.05) is 16.8 Å². The molecule has 3 amide bonds. The maximum Gasteiger partial charge on any atom is 0.338 e. The van der Waals surface area contributed by atoms with E-state index in [-0.39, 0.29) is 30.2 Å². The summed E-state index contributed by atoms with van der Waals surface area (Å²) in [6, 6.07) is 13.6. The Balaban J connectivity index is 1.56. The quantitative estimate of drug-likeness (QED) is 0.558. The third-order valence-electron chi connectivity index (χ3n) is 5.10. The number of rotatable bonds is 7. The number of hydrogen-bond acceptors (Lipinski definition) is 5. The van der Waals surface area contributed by atoms with Crippen LogP contribution in [0.4, 0.5) is 11.4 Å². The Morgan fingerprint density at radius 2 is 1.73 bits per heavy atom. The number of carbonyl (C=O) groups excluding carboxylic acids is 4. The van der Waals surface area contributed by atoms with Gasteiger partial charge in [-0.2, -0.15) is 0 Å². The van der Waals surface area contributed by atoms with Gasteiger partial charge in [-0.05, 0) is 48.2 Å². The van der Waals surface area contributed by atoms with Crippen LogP contribution < -0.4 is 10.2 Å². The van der Waals surface area contributed by atoms with Crippen LogP contribution in [0.5, 0.6) is 0 Å². The average Bonchev–Trinajstić information content (AvgIpc) is 3.10. The second-order valence-electron chi connectivity index (χ2n) is 7.23. The topological polar surface area (TPSA) is 92.8 Å². The van der Waals surface area contributed by atoms with Gasteiger partial charge in [-0.3, -0.25) is 19.3 Å². The number of anilines is 2. The molecule has 3 rings (SSSR count). The van der Waals surface area contributed by atoms with Crippen LogP contribution in [-0.4, -0.2) is 30.3 Å². The highest BCUT2D eigenvalue weighted by molar-refractivity contribution is 6.20. The summed E-state index contributed by atoms with van der Waals surface area (Å²) in [5.41, 5.74) is 2.29. The standard InChI is InChI=1S/C23H24N2O5/c1-3-15(2)16-7-9-18(10-8-16)24-20(26)14-30-23(29)17-5-4-6-19(13-17)25-21(27)11-12-22(25)28/h4-10,13,15H,3,11-12,14H2,1-2H3,(H,24,26)/t15-/m1/s1. The van der Waals surface area contributed by atoms with Crippen LogP contribution in [0.1, 0.15) is 54.9 Å². The molecule has 156 valence electrons. The lowest BCUT2D eigenvalue weighted by Crippen LogP contribution is -2.28. The highest BCUT2D eigenvalue weighted by atomic mass is 16.5. The molecule has 1 aliphatic heterocycles. The zero-order valence-corrected chi connectivity index (χ0v) is 17.0. The fourth-order valence-corrected chi connectivity index (χ4v) is 3.18. The molecule has 1 aliphatic rings. The molecule has 2 aromatic carbocycles. The molecule has 1 saturated heterocycles. The lowest BCUT2D eigenvalue weighted by Gasteiger charge is -2.14. The molecule has 0 saturated carbocycles. The summed E-state index contributed by atoms with van der Waals surface area (Å²) in [6.45, 7) is 3.81. The third kappa shape index (κ3) is 4.92. The van der Waals surface area contributed by atoms with Crippen molar-refractivity contribution >= 4 is 35.1 Å². The summed E-state index contributed by atoms with van der Waals surface area (Å²) in [7, 11) is 0. The average molecular weight is 408 g/mol. The lowest BCUT2D eigenvalue weighted by molar-refractivity contribution is -0.121. The summed E-state index contributed by atoms with van der Waals surface area (Å²) in [5, 5.41) is 2.69. The van der Waals surface area contributed by atoms with Gasteiger partial charge >= 0.3 is 5.97 Å². The van der Waals surface area contributed by atoms with Crippen molar-refractivity contribution in [1.29, 1.82) is 0 Å². The minimum atomic E-state index is -0.710. The van der Waals surface area contributed by atoms with Crippen molar-refractivity contribution in [1.82, 2.24) is 0 Å². The number of nitrogens with zero attached hydrogens (tertiary/aromatic N) is 1. The molecule has 1 N–H and O–H groups in total. The van der Waals surface area contributed by atoms with Gasteiger partial charge in [0.05, 0.1) is 11.3 Å². The van der Waals surface area contributed by atoms with E-state index in [0.29, 0.717) is 17.3 Å². The van der Waals surface area contributed by atoms with Crippen molar-refractivity contribution in [2.45, 2.75) is 39.0 Å². The highest BCUT2D eigenvalue weighted by Gasteiger charge is 2.30. The first-order valence-corrected chi connectivity index (χ1v) is 9.91. The third-order valence-corrected chi connectivity index (χ3v) is 5.10. The van der Waals surface area contributed by atoms with Gasteiger partial charge in [0.2, 0.25) is 11.8 Å². The Kier molecular flexibility index (Phi) is 6.61. The number of amides is 3. The summed E-state index contributed by atoms with van der Waals surface area (Å²) >= 11 is 0. The van der Waals surface area contributed by atoms with E-state index in [1.165, 1.54) is 17.7 Å². The summed E-state index contributed by atoms with van der Waals surface area (Å²) < 4.78 is 5.07. The Hall–Kier alpha value is -3.48. The van der Waals surface area contributed by atoms with E-state index in [1.54, 1.807) is 12.1 Å². The molecule has 0 spiro atoms. The van der Waals surface area contributed by atoms with E-state index in [4.69, 9.17) is 4.74 Å². The van der Waals surface area contributed by atoms with Crippen LogP contribution in [0.15, 0.2) is 48.5 Å². The smallest absolute Gasteiger partial charge is 0.338 e. The number of nitrogens with one attached hydrogen (secondary N) is 1. The Labute approximate surface area is 175 Å². The molecule has 7 nitrogen and oxygen atoms in total. The lowest BCUT2D eigenvalue weighted by atomic mass is 9.99. The largest absolute Gasteiger partial charge is 0.452 e. The van der Waals surface area contributed by atoms with Crippen molar-refractivity contribution in [3.05, 3.63) is 59.7 Å². The van der Waals surface area contributed by atoms with Crippen molar-refractivity contribution in [2.24, 2.45) is 0 Å². The Morgan fingerprint density at radius 3 is 2.37 bits per heavy atom. The first-order chi connectivity index (χ1) is 14.4. The molecule has 1 fully saturated rings. The highest BCUT2D eigenvalue weighted by Crippen LogP contribution is 2.24. The summed E-state index contributed by atoms with van der Waals surface area (Å²) in [6.07, 6.45) is 1.35.